The normalized spacial score (nSPS) is 12.2. The van der Waals surface area contributed by atoms with Crippen molar-refractivity contribution in [1.29, 1.82) is 0 Å². The fourth-order valence-corrected chi connectivity index (χ4v) is 5.21. The summed E-state index contributed by atoms with van der Waals surface area (Å²) in [5.41, 5.74) is 2.86. The predicted molar refractivity (Wildman–Crippen MR) is 130 cm³/mol. The van der Waals surface area contributed by atoms with Crippen LogP contribution >= 0.6 is 35.9 Å². The predicted octanol–water partition coefficient (Wildman–Crippen LogP) is 6.84. The van der Waals surface area contributed by atoms with E-state index < -0.39 is 8.25 Å². The first-order chi connectivity index (χ1) is 14.4. The highest BCUT2D eigenvalue weighted by Crippen LogP contribution is 2.32. The van der Waals surface area contributed by atoms with Gasteiger partial charge >= 0.3 is 8.25 Å². The van der Waals surface area contributed by atoms with Crippen molar-refractivity contribution >= 4 is 35.9 Å². The van der Waals surface area contributed by atoms with E-state index in [4.69, 9.17) is 4.89 Å². The molecule has 7 heteroatoms. The summed E-state index contributed by atoms with van der Waals surface area (Å²) >= 11 is 5.60. The van der Waals surface area contributed by atoms with Crippen LogP contribution in [-0.2, 0) is 21.0 Å². The maximum absolute atomic E-state index is 10.4. The highest BCUT2D eigenvalue weighted by atomic mass is 79.9. The molecule has 0 bridgehead atoms. The minimum Gasteiger partial charge on any atom is -0.313 e. The van der Waals surface area contributed by atoms with Gasteiger partial charge in [-0.05, 0) is 76.2 Å². The van der Waals surface area contributed by atoms with E-state index in [-0.39, 0.29) is 5.41 Å². The van der Waals surface area contributed by atoms with Crippen LogP contribution in [0.3, 0.4) is 0 Å². The van der Waals surface area contributed by atoms with E-state index >= 15 is 0 Å². The first-order valence-corrected chi connectivity index (χ1v) is 13.3. The molecule has 0 saturated heterocycles. The monoisotopic (exact) mass is 512 g/mol. The molecule has 0 fully saturated rings. The number of unbranched alkanes of at least 4 members (excludes halogenated alkanes) is 1. The largest absolute Gasteiger partial charge is 0.694 e. The van der Waals surface area contributed by atoms with Crippen LogP contribution in [0.25, 0.3) is 0 Å². The summed E-state index contributed by atoms with van der Waals surface area (Å²) in [4.78, 5) is 9.86. The summed E-state index contributed by atoms with van der Waals surface area (Å²) in [5, 5.41) is 3.33. The molecule has 0 aliphatic heterocycles. The maximum Gasteiger partial charge on any atom is 0.694 e. The van der Waals surface area contributed by atoms with Crippen molar-refractivity contribution in [3.63, 3.8) is 0 Å². The zero-order valence-electron chi connectivity index (χ0n) is 17.8. The maximum atomic E-state index is 10.4. The van der Waals surface area contributed by atoms with E-state index in [2.05, 4.69) is 88.1 Å². The molecule has 164 valence electrons. The van der Waals surface area contributed by atoms with E-state index in [9.17, 15) is 4.57 Å². The first-order valence-electron chi connectivity index (χ1n) is 10.3. The Hall–Kier alpha value is -0.750. The SMILES string of the molecule is CC(C)(CCCCSc1ccc(CNCCCO[P+](=O)O)cc1Br)c1ccccc1. The molecular formula is C23H32BrNO3PS+. The molecule has 0 amide bonds. The number of hydrogen-bond acceptors (Lipinski definition) is 4. The second-order valence-corrected chi connectivity index (χ2v) is 10.6. The standard InChI is InChI=1S/C23H31BrNO3PS/c1-23(2,20-9-4-3-5-10-20)13-6-7-16-30-22-12-11-19(17-21(22)24)18-25-14-8-15-28-29(26)27/h3-5,9-12,17,25H,6-8,13-16,18H2,1-2H3/p+1. The molecule has 4 nitrogen and oxygen atoms in total. The lowest BCUT2D eigenvalue weighted by Gasteiger charge is -2.25. The van der Waals surface area contributed by atoms with Crippen LogP contribution < -0.4 is 5.32 Å². The third kappa shape index (κ3) is 9.59. The van der Waals surface area contributed by atoms with Crippen LogP contribution in [0, 0.1) is 0 Å². The molecular weight excluding hydrogens is 481 g/mol. The second kappa shape index (κ2) is 13.6. The summed E-state index contributed by atoms with van der Waals surface area (Å²) in [6.07, 6.45) is 4.34. The Bertz CT molecular complexity index is 789. The minimum atomic E-state index is -2.48. The van der Waals surface area contributed by atoms with Gasteiger partial charge in [-0.25, -0.2) is 0 Å². The van der Waals surface area contributed by atoms with E-state index in [1.807, 2.05) is 11.8 Å². The van der Waals surface area contributed by atoms with Gasteiger partial charge in [0.15, 0.2) is 0 Å². The lowest BCUT2D eigenvalue weighted by Crippen LogP contribution is -2.16. The smallest absolute Gasteiger partial charge is 0.313 e. The van der Waals surface area contributed by atoms with Gasteiger partial charge < -0.3 is 5.32 Å². The van der Waals surface area contributed by atoms with Gasteiger partial charge in [-0.1, -0.05) is 56.7 Å². The Morgan fingerprint density at radius 3 is 2.60 bits per heavy atom. The number of benzene rings is 2. The van der Waals surface area contributed by atoms with E-state index in [1.54, 1.807) is 0 Å². The molecule has 30 heavy (non-hydrogen) atoms. The summed E-state index contributed by atoms with van der Waals surface area (Å²) in [6.45, 7) is 6.47. The molecule has 0 radical (unpaired) electrons. The Balaban J connectivity index is 1.65. The van der Waals surface area contributed by atoms with Crippen LogP contribution in [0.1, 0.15) is 50.7 Å². The molecule has 0 saturated carbocycles. The van der Waals surface area contributed by atoms with Crippen LogP contribution in [0.4, 0.5) is 0 Å². The molecule has 0 heterocycles. The number of nitrogens with one attached hydrogen (secondary N) is 1. The van der Waals surface area contributed by atoms with Gasteiger partial charge in [-0.3, -0.25) is 0 Å². The first kappa shape index (κ1) is 25.5. The zero-order chi connectivity index (χ0) is 21.8. The average molecular weight is 513 g/mol. The fourth-order valence-electron chi connectivity index (χ4n) is 3.23. The Labute approximate surface area is 194 Å². The highest BCUT2D eigenvalue weighted by molar-refractivity contribution is 9.10. The zero-order valence-corrected chi connectivity index (χ0v) is 21.1. The Morgan fingerprint density at radius 2 is 1.90 bits per heavy atom. The molecule has 0 aromatic heterocycles. The lowest BCUT2D eigenvalue weighted by atomic mass is 9.80. The van der Waals surface area contributed by atoms with Gasteiger partial charge in [0, 0.05) is 20.5 Å². The summed E-state index contributed by atoms with van der Waals surface area (Å²) < 4.78 is 16.2. The van der Waals surface area contributed by atoms with Crippen molar-refractivity contribution in [1.82, 2.24) is 5.32 Å². The van der Waals surface area contributed by atoms with Crippen molar-refractivity contribution in [2.75, 3.05) is 18.9 Å². The molecule has 2 aromatic carbocycles. The van der Waals surface area contributed by atoms with Crippen molar-refractivity contribution in [2.45, 2.75) is 56.4 Å². The van der Waals surface area contributed by atoms with E-state index in [1.165, 1.54) is 35.3 Å². The number of rotatable bonds is 14. The van der Waals surface area contributed by atoms with Crippen LogP contribution in [0.15, 0.2) is 57.9 Å². The molecule has 2 N–H and O–H groups in total. The van der Waals surface area contributed by atoms with E-state index in [0.29, 0.717) is 13.0 Å². The molecule has 0 aliphatic carbocycles. The topological polar surface area (TPSA) is 58.6 Å². The third-order valence-corrected chi connectivity index (χ3v) is 7.52. The highest BCUT2D eigenvalue weighted by Gasteiger charge is 2.19. The average Bonchev–Trinajstić information content (AvgIpc) is 2.72. The van der Waals surface area contributed by atoms with Crippen LogP contribution in [0.2, 0.25) is 0 Å². The van der Waals surface area contributed by atoms with Crippen LogP contribution in [-0.4, -0.2) is 23.8 Å². The number of thioether (sulfide) groups is 1. The Kier molecular flexibility index (Phi) is 11.6. The van der Waals surface area contributed by atoms with Crippen molar-refractivity contribution in [3.8, 4) is 0 Å². The third-order valence-electron chi connectivity index (χ3n) is 5.03. The molecule has 1 unspecified atom stereocenters. The van der Waals surface area contributed by atoms with Crippen LogP contribution in [0.5, 0.6) is 0 Å². The van der Waals surface area contributed by atoms with Gasteiger partial charge in [0.05, 0.1) is 0 Å². The lowest BCUT2D eigenvalue weighted by molar-refractivity contribution is 0.276. The van der Waals surface area contributed by atoms with Gasteiger partial charge in [0.2, 0.25) is 0 Å². The van der Waals surface area contributed by atoms with Crippen molar-refractivity contribution < 1.29 is 14.0 Å². The summed E-state index contributed by atoms with van der Waals surface area (Å²) in [6, 6.07) is 17.3. The summed E-state index contributed by atoms with van der Waals surface area (Å²) in [7, 11) is -2.48. The van der Waals surface area contributed by atoms with Crippen molar-refractivity contribution in [3.05, 3.63) is 64.1 Å². The molecule has 2 rings (SSSR count). The minimum absolute atomic E-state index is 0.225. The molecule has 0 aliphatic rings. The summed E-state index contributed by atoms with van der Waals surface area (Å²) in [5.74, 6) is 1.12. The quantitative estimate of drug-likeness (QED) is 0.165. The van der Waals surface area contributed by atoms with Gasteiger partial charge in [-0.15, -0.1) is 21.2 Å². The Morgan fingerprint density at radius 1 is 1.13 bits per heavy atom. The number of hydrogen-bond donors (Lipinski definition) is 2. The van der Waals surface area contributed by atoms with E-state index in [0.717, 1.165) is 23.3 Å². The second-order valence-electron chi connectivity index (χ2n) is 7.92. The van der Waals surface area contributed by atoms with Crippen molar-refractivity contribution in [2.24, 2.45) is 0 Å². The molecule has 1 atom stereocenters. The molecule has 0 spiro atoms. The molecule has 2 aromatic rings. The fraction of sp³-hybridized carbons (Fsp3) is 0.478. The van der Waals surface area contributed by atoms with Gasteiger partial charge in [0.1, 0.15) is 6.61 Å². The van der Waals surface area contributed by atoms with Gasteiger partial charge in [0.25, 0.3) is 0 Å². The van der Waals surface area contributed by atoms with Gasteiger partial charge in [-0.2, -0.15) is 0 Å². The number of halogens is 1.